The van der Waals surface area contributed by atoms with Crippen molar-refractivity contribution in [2.75, 3.05) is 37.8 Å². The van der Waals surface area contributed by atoms with Gasteiger partial charge in [-0.25, -0.2) is 8.42 Å². The monoisotopic (exact) mass is 291 g/mol. The molecule has 0 amide bonds. The highest BCUT2D eigenvalue weighted by atomic mass is 32.2. The van der Waals surface area contributed by atoms with E-state index in [9.17, 15) is 8.42 Å². The Labute approximate surface area is 116 Å². The van der Waals surface area contributed by atoms with Crippen molar-refractivity contribution in [1.82, 2.24) is 5.32 Å². The van der Waals surface area contributed by atoms with Crippen molar-refractivity contribution in [3.8, 4) is 0 Å². The van der Waals surface area contributed by atoms with Crippen LogP contribution in [0.15, 0.2) is 0 Å². The molecule has 1 N–H and O–H groups in total. The molecule has 6 heteroatoms. The Morgan fingerprint density at radius 1 is 1.37 bits per heavy atom. The SMILES string of the molecule is CCS(=O)(=O)CCCOC1COC2(CCNCC2)C1. The second-order valence-corrected chi connectivity index (χ2v) is 8.00. The third-order valence-corrected chi connectivity index (χ3v) is 5.87. The molecule has 2 saturated heterocycles. The zero-order chi connectivity index (χ0) is 13.8. The molecule has 0 aromatic heterocycles. The van der Waals surface area contributed by atoms with E-state index in [0.29, 0.717) is 19.6 Å². The fourth-order valence-electron chi connectivity index (χ4n) is 2.81. The number of hydrogen-bond donors (Lipinski definition) is 1. The van der Waals surface area contributed by atoms with Gasteiger partial charge in [0.15, 0.2) is 0 Å². The minimum atomic E-state index is -2.86. The molecule has 112 valence electrons. The van der Waals surface area contributed by atoms with E-state index < -0.39 is 9.84 Å². The molecule has 1 unspecified atom stereocenters. The first-order valence-electron chi connectivity index (χ1n) is 7.22. The summed E-state index contributed by atoms with van der Waals surface area (Å²) in [6, 6.07) is 0. The largest absolute Gasteiger partial charge is 0.376 e. The van der Waals surface area contributed by atoms with E-state index in [1.807, 2.05) is 0 Å². The number of ether oxygens (including phenoxy) is 2. The Kier molecular flexibility index (Phi) is 5.22. The molecule has 0 aliphatic carbocycles. The highest BCUT2D eigenvalue weighted by Crippen LogP contribution is 2.35. The van der Waals surface area contributed by atoms with Gasteiger partial charge in [-0.3, -0.25) is 0 Å². The van der Waals surface area contributed by atoms with Crippen molar-refractivity contribution in [2.24, 2.45) is 0 Å². The van der Waals surface area contributed by atoms with E-state index in [1.165, 1.54) is 0 Å². The molecule has 2 aliphatic rings. The molecule has 2 aliphatic heterocycles. The summed E-state index contributed by atoms with van der Waals surface area (Å²) < 4.78 is 34.4. The Morgan fingerprint density at radius 3 is 2.79 bits per heavy atom. The highest BCUT2D eigenvalue weighted by Gasteiger charge is 2.41. The van der Waals surface area contributed by atoms with Crippen LogP contribution >= 0.6 is 0 Å². The molecule has 0 aromatic carbocycles. The molecule has 1 spiro atoms. The number of rotatable bonds is 6. The zero-order valence-corrected chi connectivity index (χ0v) is 12.5. The summed E-state index contributed by atoms with van der Waals surface area (Å²) in [5, 5.41) is 3.34. The third kappa shape index (κ3) is 4.41. The quantitative estimate of drug-likeness (QED) is 0.731. The molecule has 0 bridgehead atoms. The standard InChI is InChI=1S/C13H25NO4S/c1-2-19(15,16)9-3-8-17-12-10-13(18-11-12)4-6-14-7-5-13/h12,14H,2-11H2,1H3. The van der Waals surface area contributed by atoms with Gasteiger partial charge in [-0.05, 0) is 32.4 Å². The summed E-state index contributed by atoms with van der Waals surface area (Å²) >= 11 is 0. The fraction of sp³-hybridized carbons (Fsp3) is 1.00. The van der Waals surface area contributed by atoms with E-state index in [1.54, 1.807) is 6.92 Å². The molecule has 19 heavy (non-hydrogen) atoms. The molecule has 2 rings (SSSR count). The summed E-state index contributed by atoms with van der Waals surface area (Å²) in [5.74, 6) is 0.446. The molecule has 0 saturated carbocycles. The molecular formula is C13H25NO4S. The van der Waals surface area contributed by atoms with Crippen molar-refractivity contribution in [1.29, 1.82) is 0 Å². The predicted molar refractivity (Wildman–Crippen MR) is 74.1 cm³/mol. The van der Waals surface area contributed by atoms with Crippen LogP contribution < -0.4 is 5.32 Å². The summed E-state index contributed by atoms with van der Waals surface area (Å²) in [6.45, 7) is 4.88. The fourth-order valence-corrected chi connectivity index (χ4v) is 3.66. The first-order chi connectivity index (χ1) is 9.05. The lowest BCUT2D eigenvalue weighted by molar-refractivity contribution is -0.0232. The van der Waals surface area contributed by atoms with E-state index in [0.717, 1.165) is 32.4 Å². The third-order valence-electron chi connectivity index (χ3n) is 4.08. The van der Waals surface area contributed by atoms with Crippen LogP contribution in [0.2, 0.25) is 0 Å². The van der Waals surface area contributed by atoms with E-state index in [-0.39, 0.29) is 23.2 Å². The lowest BCUT2D eigenvalue weighted by Gasteiger charge is -2.32. The Bertz CT molecular complexity index is 376. The first-order valence-corrected chi connectivity index (χ1v) is 9.04. The van der Waals surface area contributed by atoms with Crippen molar-refractivity contribution in [3.05, 3.63) is 0 Å². The first kappa shape index (κ1) is 15.2. The predicted octanol–water partition coefficient (Wildman–Crippen LogP) is 0.739. The molecule has 0 radical (unpaired) electrons. The second kappa shape index (κ2) is 6.52. The van der Waals surface area contributed by atoms with Crippen molar-refractivity contribution < 1.29 is 17.9 Å². The van der Waals surface area contributed by atoms with E-state index in [4.69, 9.17) is 9.47 Å². The normalized spacial score (nSPS) is 26.9. The van der Waals surface area contributed by atoms with Gasteiger partial charge in [0.25, 0.3) is 0 Å². The van der Waals surface area contributed by atoms with Crippen molar-refractivity contribution in [2.45, 2.75) is 44.3 Å². The van der Waals surface area contributed by atoms with Gasteiger partial charge in [0, 0.05) is 18.8 Å². The van der Waals surface area contributed by atoms with Gasteiger partial charge >= 0.3 is 0 Å². The summed E-state index contributed by atoms with van der Waals surface area (Å²) in [5.41, 5.74) is 0.0193. The van der Waals surface area contributed by atoms with Crippen LogP contribution in [0.25, 0.3) is 0 Å². The van der Waals surface area contributed by atoms with Crippen LogP contribution in [0.3, 0.4) is 0 Å². The van der Waals surface area contributed by atoms with Gasteiger partial charge in [0.05, 0.1) is 24.1 Å². The topological polar surface area (TPSA) is 64.6 Å². The number of piperidine rings is 1. The van der Waals surface area contributed by atoms with Gasteiger partial charge < -0.3 is 14.8 Å². The number of nitrogens with one attached hydrogen (secondary N) is 1. The van der Waals surface area contributed by atoms with Crippen LogP contribution in [0.1, 0.15) is 32.6 Å². The van der Waals surface area contributed by atoms with Crippen LogP contribution in [0, 0.1) is 0 Å². The maximum absolute atomic E-state index is 11.4. The summed E-state index contributed by atoms with van der Waals surface area (Å²) in [7, 11) is -2.86. The Hall–Kier alpha value is -0.170. The average molecular weight is 291 g/mol. The van der Waals surface area contributed by atoms with Gasteiger partial charge in [-0.15, -0.1) is 0 Å². The highest BCUT2D eigenvalue weighted by molar-refractivity contribution is 7.91. The zero-order valence-electron chi connectivity index (χ0n) is 11.7. The maximum atomic E-state index is 11.4. The summed E-state index contributed by atoms with van der Waals surface area (Å²) in [6.07, 6.45) is 3.78. The number of sulfone groups is 1. The Balaban J connectivity index is 1.65. The van der Waals surface area contributed by atoms with Crippen LogP contribution in [0.5, 0.6) is 0 Å². The molecule has 0 aromatic rings. The van der Waals surface area contributed by atoms with Crippen LogP contribution in [-0.2, 0) is 19.3 Å². The van der Waals surface area contributed by atoms with Crippen LogP contribution in [0.4, 0.5) is 0 Å². The van der Waals surface area contributed by atoms with Gasteiger partial charge in [-0.2, -0.15) is 0 Å². The molecule has 2 heterocycles. The van der Waals surface area contributed by atoms with E-state index in [2.05, 4.69) is 5.32 Å². The van der Waals surface area contributed by atoms with Crippen molar-refractivity contribution in [3.63, 3.8) is 0 Å². The molecule has 5 nitrogen and oxygen atoms in total. The number of hydrogen-bond acceptors (Lipinski definition) is 5. The molecule has 2 fully saturated rings. The molecular weight excluding hydrogens is 266 g/mol. The van der Waals surface area contributed by atoms with E-state index >= 15 is 0 Å². The average Bonchev–Trinajstić information content (AvgIpc) is 2.79. The maximum Gasteiger partial charge on any atom is 0.150 e. The van der Waals surface area contributed by atoms with Crippen molar-refractivity contribution >= 4 is 9.84 Å². The smallest absolute Gasteiger partial charge is 0.150 e. The minimum Gasteiger partial charge on any atom is -0.376 e. The Morgan fingerprint density at radius 2 is 2.11 bits per heavy atom. The van der Waals surface area contributed by atoms with Gasteiger partial charge in [0.1, 0.15) is 9.84 Å². The molecule has 1 atom stereocenters. The van der Waals surface area contributed by atoms with Crippen LogP contribution in [-0.4, -0.2) is 57.9 Å². The summed E-state index contributed by atoms with van der Waals surface area (Å²) in [4.78, 5) is 0. The second-order valence-electron chi connectivity index (χ2n) is 5.53. The van der Waals surface area contributed by atoms with Gasteiger partial charge in [-0.1, -0.05) is 6.92 Å². The lowest BCUT2D eigenvalue weighted by atomic mass is 9.89. The van der Waals surface area contributed by atoms with Gasteiger partial charge in [0.2, 0.25) is 0 Å². The minimum absolute atomic E-state index is 0.0193. The lowest BCUT2D eigenvalue weighted by Crippen LogP contribution is -2.41.